The van der Waals surface area contributed by atoms with Crippen LogP contribution in [-0.2, 0) is 41.4 Å². The zero-order valence-electron chi connectivity index (χ0n) is 42.1. The monoisotopic (exact) mass is 947 g/mol. The lowest BCUT2D eigenvalue weighted by Crippen LogP contribution is -2.62. The van der Waals surface area contributed by atoms with E-state index in [0.717, 1.165) is 11.3 Å². The summed E-state index contributed by atoms with van der Waals surface area (Å²) in [5.41, 5.74) is 3.05. The van der Waals surface area contributed by atoms with Gasteiger partial charge in [0.2, 0.25) is 5.91 Å². The van der Waals surface area contributed by atoms with Gasteiger partial charge < -0.3 is 64.8 Å². The highest BCUT2D eigenvalue weighted by Crippen LogP contribution is 2.45. The molecule has 5 rings (SSSR count). The Hall–Kier alpha value is -3.14. The fourth-order valence-electron chi connectivity index (χ4n) is 11.2. The third-order valence-electron chi connectivity index (χ3n) is 15.4. The molecule has 3 aliphatic heterocycles. The molecule has 0 bridgehead atoms. The summed E-state index contributed by atoms with van der Waals surface area (Å²) in [6.45, 7) is 19.3. The van der Waals surface area contributed by atoms with Crippen LogP contribution in [0.25, 0.3) is 0 Å². The summed E-state index contributed by atoms with van der Waals surface area (Å²) in [4.78, 5) is 30.1. The predicted octanol–water partition coefficient (Wildman–Crippen LogP) is 2.53. The van der Waals surface area contributed by atoms with Crippen LogP contribution >= 0.6 is 0 Å². The van der Waals surface area contributed by atoms with Crippen molar-refractivity contribution < 1.29 is 58.8 Å². The van der Waals surface area contributed by atoms with Gasteiger partial charge in [-0.25, -0.2) is 4.68 Å². The maximum atomic E-state index is 14.6. The fourth-order valence-corrected chi connectivity index (χ4v) is 11.2. The number of carbonyl (C=O) groups is 2. The topological polar surface area (TPSA) is 245 Å². The van der Waals surface area contributed by atoms with E-state index in [1.54, 1.807) is 51.4 Å². The molecular formula is C49H82N6O12. The molecule has 18 nitrogen and oxygen atoms in total. The highest BCUT2D eigenvalue weighted by atomic mass is 16.7. The van der Waals surface area contributed by atoms with Crippen LogP contribution in [0.15, 0.2) is 30.5 Å². The minimum Gasteiger partial charge on any atom is -0.459 e. The Balaban J connectivity index is 1.46. The molecule has 2 aromatic rings. The number of hydrogen-bond donors (Lipinski definition) is 6. The number of rotatable bonds is 12. The molecule has 0 saturated carbocycles. The van der Waals surface area contributed by atoms with Gasteiger partial charge >= 0.3 is 5.97 Å². The zero-order chi connectivity index (χ0) is 49.9. The van der Waals surface area contributed by atoms with E-state index < -0.39 is 108 Å². The summed E-state index contributed by atoms with van der Waals surface area (Å²) in [5.74, 6) is -3.64. The average molecular weight is 947 g/mol. The number of hydrogen-bond acceptors (Lipinski definition) is 16. The third kappa shape index (κ3) is 12.6. The van der Waals surface area contributed by atoms with Crippen molar-refractivity contribution in [2.24, 2.45) is 29.4 Å². The zero-order valence-corrected chi connectivity index (χ0v) is 42.1. The fraction of sp³-hybridized carbons (Fsp3) is 0.796. The second kappa shape index (κ2) is 22.3. The van der Waals surface area contributed by atoms with Crippen molar-refractivity contribution in [3.63, 3.8) is 0 Å². The van der Waals surface area contributed by atoms with Crippen LogP contribution in [0.3, 0.4) is 0 Å². The quantitative estimate of drug-likeness (QED) is 0.168. The Morgan fingerprint density at radius 1 is 1.00 bits per heavy atom. The molecule has 18 atom stereocenters. The molecule has 67 heavy (non-hydrogen) atoms. The number of esters is 1. The Morgan fingerprint density at radius 3 is 2.27 bits per heavy atom. The smallest absolute Gasteiger partial charge is 0.309 e. The molecule has 1 unspecified atom stereocenters. The van der Waals surface area contributed by atoms with Gasteiger partial charge in [-0.3, -0.25) is 9.59 Å². The van der Waals surface area contributed by atoms with Gasteiger partial charge in [0.05, 0.1) is 53.8 Å². The normalized spacial score (nSPS) is 41.1. The van der Waals surface area contributed by atoms with Gasteiger partial charge in [-0.05, 0) is 104 Å². The first kappa shape index (κ1) is 54.8. The van der Waals surface area contributed by atoms with E-state index in [9.17, 15) is 35.1 Å². The molecule has 380 valence electrons. The van der Waals surface area contributed by atoms with Crippen LogP contribution in [0.4, 0.5) is 0 Å². The predicted molar refractivity (Wildman–Crippen MR) is 250 cm³/mol. The summed E-state index contributed by atoms with van der Waals surface area (Å²) in [6, 6.07) is 6.04. The number of aromatic nitrogens is 3. The van der Waals surface area contributed by atoms with E-state index in [-0.39, 0.29) is 31.3 Å². The van der Waals surface area contributed by atoms with Gasteiger partial charge in [-0.15, -0.1) is 5.10 Å². The van der Waals surface area contributed by atoms with Crippen molar-refractivity contribution in [3.05, 3.63) is 47.3 Å². The number of methoxy groups -OCH3 is 1. The molecule has 3 saturated heterocycles. The maximum Gasteiger partial charge on any atom is 0.309 e. The van der Waals surface area contributed by atoms with E-state index in [1.165, 1.54) is 14.0 Å². The molecule has 0 aliphatic carbocycles. The van der Waals surface area contributed by atoms with E-state index in [2.05, 4.69) is 15.2 Å². The van der Waals surface area contributed by atoms with E-state index in [0.29, 0.717) is 38.0 Å². The standard InChI is InChI=1S/C49H82N6O12/c1-14-38-49(10,62)41(57)31(6)54(12)24-27(2)22-47(8,61)43(29(4)39(30(5)45(60)66-38)37-23-48(9,63-13)42(58)32(7)65-37)67-46-40(56)36(21-28(3)64-46)53(11)20-19-35-26-55(52-51-35)25-33-15-17-34(18-16-33)44(50)59/h15-18,26-32,36-43,46,56-58,61-62H,14,19-25H2,1-13H3,(H2,50,59)/t27-,28-,29+,30-,31-,32+,36+,37-,38-,39?,40-,41-,42+,43-,46+,47-,48-,49-/m1/s1. The van der Waals surface area contributed by atoms with E-state index in [1.807, 2.05) is 65.0 Å². The first-order chi connectivity index (χ1) is 31.2. The Labute approximate surface area is 397 Å². The van der Waals surface area contributed by atoms with Crippen molar-refractivity contribution in [3.8, 4) is 0 Å². The number of benzene rings is 1. The molecule has 1 amide bonds. The third-order valence-corrected chi connectivity index (χ3v) is 15.4. The van der Waals surface area contributed by atoms with Crippen LogP contribution in [-0.4, -0.2) is 181 Å². The Kier molecular flexibility index (Phi) is 18.2. The van der Waals surface area contributed by atoms with E-state index >= 15 is 0 Å². The number of nitrogens with two attached hydrogens (primary N) is 1. The lowest BCUT2D eigenvalue weighted by Gasteiger charge is -2.51. The molecule has 1 aromatic heterocycles. The number of aliphatic hydroxyl groups is 5. The Bertz CT molecular complexity index is 1920. The number of nitrogens with zero attached hydrogens (tertiary/aromatic N) is 5. The highest BCUT2D eigenvalue weighted by molar-refractivity contribution is 5.92. The minimum absolute atomic E-state index is 0.174. The van der Waals surface area contributed by atoms with Crippen molar-refractivity contribution >= 4 is 11.9 Å². The van der Waals surface area contributed by atoms with Gasteiger partial charge in [0, 0.05) is 62.8 Å². The largest absolute Gasteiger partial charge is 0.459 e. The summed E-state index contributed by atoms with van der Waals surface area (Å²) >= 11 is 0. The summed E-state index contributed by atoms with van der Waals surface area (Å²) in [7, 11) is 5.30. The number of cyclic esters (lactones) is 1. The maximum absolute atomic E-state index is 14.6. The SMILES string of the molecule is CC[C@H]1OC(=O)[C@H](C)C([C@H]2C[C@@](C)(OC)[C@@H](O)[C@H](C)O2)[C@H](C)[C@@H](O[C@@H]2O[C@H](C)C[C@H](N(C)CCc3cn(Cc4ccc(C(N)=O)cc4)nn3)[C@H]2O)[C@](C)(O)C[C@@H](C)CN(C)[C@H](C)[C@@H](O)[C@]1(C)O. The lowest BCUT2D eigenvalue weighted by atomic mass is 9.68. The van der Waals surface area contributed by atoms with Crippen molar-refractivity contribution in [1.29, 1.82) is 0 Å². The van der Waals surface area contributed by atoms with Crippen LogP contribution in [0.2, 0.25) is 0 Å². The minimum atomic E-state index is -1.82. The van der Waals surface area contributed by atoms with Crippen LogP contribution in [0.5, 0.6) is 0 Å². The number of likely N-dealkylation sites (N-methyl/N-ethyl adjacent to an activating group) is 2. The van der Waals surface area contributed by atoms with Crippen molar-refractivity contribution in [2.75, 3.05) is 34.3 Å². The molecule has 0 radical (unpaired) electrons. The molecule has 1 aromatic carbocycles. The average Bonchev–Trinajstić information content (AvgIpc) is 3.72. The number of amides is 1. The molecule has 18 heteroatoms. The molecule has 0 spiro atoms. The first-order valence-electron chi connectivity index (χ1n) is 24.1. The highest BCUT2D eigenvalue weighted by Gasteiger charge is 2.55. The number of primary amides is 1. The van der Waals surface area contributed by atoms with Crippen molar-refractivity contribution in [1.82, 2.24) is 24.8 Å². The second-order valence-corrected chi connectivity index (χ2v) is 21.0. The van der Waals surface area contributed by atoms with Gasteiger partial charge in [0.15, 0.2) is 6.29 Å². The van der Waals surface area contributed by atoms with Crippen molar-refractivity contribution in [2.45, 2.75) is 192 Å². The number of aliphatic hydroxyl groups excluding tert-OH is 3. The molecular weight excluding hydrogens is 865 g/mol. The molecule has 7 N–H and O–H groups in total. The summed E-state index contributed by atoms with van der Waals surface area (Å²) < 4.78 is 33.8. The van der Waals surface area contributed by atoms with Gasteiger partial charge in [-0.2, -0.15) is 0 Å². The Morgan fingerprint density at radius 2 is 1.66 bits per heavy atom. The van der Waals surface area contributed by atoms with Crippen LogP contribution in [0, 0.1) is 23.7 Å². The first-order valence-corrected chi connectivity index (χ1v) is 24.1. The van der Waals surface area contributed by atoms with Crippen LogP contribution < -0.4 is 5.73 Å². The molecule has 3 aliphatic rings. The lowest BCUT2D eigenvalue weighted by molar-refractivity contribution is -0.302. The summed E-state index contributed by atoms with van der Waals surface area (Å²) in [5, 5.41) is 68.6. The molecule has 4 heterocycles. The van der Waals surface area contributed by atoms with Gasteiger partial charge in [0.25, 0.3) is 0 Å². The number of ether oxygens (including phenoxy) is 5. The summed E-state index contributed by atoms with van der Waals surface area (Å²) in [6.07, 6.45) is -4.98. The second-order valence-electron chi connectivity index (χ2n) is 21.0. The van der Waals surface area contributed by atoms with E-state index in [4.69, 9.17) is 29.4 Å². The van der Waals surface area contributed by atoms with Crippen LogP contribution in [0.1, 0.15) is 117 Å². The molecule has 3 fully saturated rings. The van der Waals surface area contributed by atoms with Gasteiger partial charge in [-0.1, -0.05) is 45.0 Å². The van der Waals surface area contributed by atoms with Gasteiger partial charge in [0.1, 0.15) is 30.0 Å². The number of carbonyl (C=O) groups excluding carboxylic acids is 2.